The van der Waals surface area contributed by atoms with Crippen molar-refractivity contribution < 1.29 is 0 Å². The third kappa shape index (κ3) is 5.86. The zero-order chi connectivity index (χ0) is 44.8. The minimum Gasteiger partial charge on any atom is -0.102 e. The summed E-state index contributed by atoms with van der Waals surface area (Å²) in [6, 6.07) is 0. The summed E-state index contributed by atoms with van der Waals surface area (Å²) >= 11 is 0. The first kappa shape index (κ1) is 44.9. The molecule has 0 nitrogen and oxygen atoms in total. The molecule has 0 saturated carbocycles. The van der Waals surface area contributed by atoms with Crippen LogP contribution in [0.5, 0.6) is 0 Å². The monoisotopic (exact) mass is 745 g/mol. The van der Waals surface area contributed by atoms with Gasteiger partial charge in [0.05, 0.1) is 0 Å². The lowest BCUT2D eigenvalue weighted by Crippen LogP contribution is -2.57. The Bertz CT molecular complexity index is 3050. The van der Waals surface area contributed by atoms with Gasteiger partial charge >= 0.3 is 0 Å². The summed E-state index contributed by atoms with van der Waals surface area (Å²) in [4.78, 5) is 0. The summed E-state index contributed by atoms with van der Waals surface area (Å²) in [6.45, 7) is 0. The van der Waals surface area contributed by atoms with Crippen molar-refractivity contribution in [2.75, 3.05) is 0 Å². The summed E-state index contributed by atoms with van der Waals surface area (Å²) in [5.41, 5.74) is 42.4. The number of rotatable bonds is 3. The normalized spacial score (nSPS) is 11.6. The number of hydrogen-bond donors (Lipinski definition) is 0. The summed E-state index contributed by atoms with van der Waals surface area (Å²) < 4.78 is 0. The predicted molar refractivity (Wildman–Crippen MR) is 352 cm³/mol. The van der Waals surface area contributed by atoms with Crippen molar-refractivity contribution in [3.8, 4) is 33.4 Å². The van der Waals surface area contributed by atoms with Gasteiger partial charge in [-0.25, -0.2) is 0 Å². The van der Waals surface area contributed by atoms with Crippen molar-refractivity contribution in [3.05, 3.63) is 0 Å². The van der Waals surface area contributed by atoms with Crippen molar-refractivity contribution in [1.82, 2.24) is 0 Å². The first-order valence-corrected chi connectivity index (χ1v) is 22.5. The molecule has 24 heteroatoms. The first-order valence-electron chi connectivity index (χ1n) is 22.5. The maximum Gasteiger partial charge on any atom is 0.140 e. The molecule has 0 aliphatic carbocycles. The fraction of sp³-hybridized carbons (Fsp3) is 0. The fourth-order valence-corrected chi connectivity index (χ4v) is 12.0. The van der Waals surface area contributed by atoms with E-state index in [0.29, 0.717) is 0 Å². The van der Waals surface area contributed by atoms with Crippen LogP contribution in [0.1, 0.15) is 0 Å². The molecule has 0 atom stereocenters. The molecule has 0 aliphatic rings. The third-order valence-electron chi connectivity index (χ3n) is 17.5. The molecule has 264 valence electrons. The van der Waals surface area contributed by atoms with Crippen molar-refractivity contribution >= 4 is 352 Å². The smallest absolute Gasteiger partial charge is 0.102 e. The van der Waals surface area contributed by atoms with Crippen molar-refractivity contribution in [2.24, 2.45) is 0 Å². The Morgan fingerprint density at radius 2 is 0.233 bits per heavy atom. The lowest BCUT2D eigenvalue weighted by atomic mass is 9.54. The summed E-state index contributed by atoms with van der Waals surface area (Å²) in [6.07, 6.45) is 0. The third-order valence-corrected chi connectivity index (χ3v) is 17.5. The minimum absolute atomic E-state index is 1.40. The van der Waals surface area contributed by atoms with Gasteiger partial charge in [-0.3, -0.25) is 0 Å². The zero-order valence-electron chi connectivity index (χ0n) is 42.0. The Labute approximate surface area is 382 Å². The average Bonchev–Trinajstić information content (AvgIpc) is 3.21. The van der Waals surface area contributed by atoms with Crippen LogP contribution < -0.4 is 131 Å². The Morgan fingerprint density at radius 1 is 0.100 bits per heavy atom. The Kier molecular flexibility index (Phi) is 11.5. The number of benzene rings is 7. The molecule has 0 aromatic heterocycles. The molecule has 0 amide bonds. The van der Waals surface area contributed by atoms with E-state index >= 15 is 0 Å². The van der Waals surface area contributed by atoms with E-state index in [4.69, 9.17) is 0 Å². The van der Waals surface area contributed by atoms with Crippen LogP contribution in [-0.4, -0.2) is 188 Å². The molecule has 0 unspecified atom stereocenters. The summed E-state index contributed by atoms with van der Waals surface area (Å²) in [5.74, 6) is 0. The van der Waals surface area contributed by atoms with E-state index in [2.05, 4.69) is 188 Å². The molecular weight excluding hydrogens is 692 g/mol. The molecule has 7 aromatic rings. The topological polar surface area (TPSA) is 0 Å². The molecule has 0 N–H and O–H groups in total. The lowest BCUT2D eigenvalue weighted by Gasteiger charge is -2.33. The van der Waals surface area contributed by atoms with Crippen molar-refractivity contribution in [3.63, 3.8) is 0 Å². The molecule has 0 heterocycles. The maximum absolute atomic E-state index is 2.43. The van der Waals surface area contributed by atoms with Crippen LogP contribution in [0, 0.1) is 0 Å². The highest BCUT2D eigenvalue weighted by Crippen LogP contribution is 2.39. The van der Waals surface area contributed by atoms with Gasteiger partial charge in [0.25, 0.3) is 0 Å². The fourth-order valence-electron chi connectivity index (χ4n) is 12.0. The van der Waals surface area contributed by atoms with Gasteiger partial charge in [0, 0.05) is 0 Å². The van der Waals surface area contributed by atoms with E-state index in [1.54, 1.807) is 0 Å². The quantitative estimate of drug-likeness (QED) is 0.125. The van der Waals surface area contributed by atoms with Gasteiger partial charge in [-0.15, -0.1) is 49.2 Å². The number of hydrogen-bond acceptors (Lipinski definition) is 0. The van der Waals surface area contributed by atoms with Gasteiger partial charge in [-0.05, 0) is 65.7 Å². The molecule has 7 aromatic carbocycles. The molecule has 0 saturated heterocycles. The minimum atomic E-state index is 1.40. The molecular formula is C36H48B24. The molecule has 0 bridgehead atoms. The van der Waals surface area contributed by atoms with Gasteiger partial charge < -0.3 is 0 Å². The predicted octanol–water partition coefficient (Wildman–Crippen LogP) is -31.7. The van der Waals surface area contributed by atoms with E-state index in [9.17, 15) is 0 Å². The Balaban J connectivity index is 1.84. The lowest BCUT2D eigenvalue weighted by molar-refractivity contribution is 1.83. The van der Waals surface area contributed by atoms with E-state index in [1.165, 1.54) is 197 Å². The van der Waals surface area contributed by atoms with E-state index in [-0.39, 0.29) is 0 Å². The number of fused-ring (bicyclic) bond motifs is 3. The second-order valence-corrected chi connectivity index (χ2v) is 19.5. The van der Waals surface area contributed by atoms with Crippen molar-refractivity contribution in [1.29, 1.82) is 0 Å². The van der Waals surface area contributed by atoms with Crippen LogP contribution in [0.25, 0.3) is 65.7 Å². The van der Waals surface area contributed by atoms with Gasteiger partial charge in [0.1, 0.15) is 188 Å². The summed E-state index contributed by atoms with van der Waals surface area (Å²) in [7, 11) is 57.0. The maximum atomic E-state index is 2.43. The molecule has 0 radical (unpaired) electrons. The van der Waals surface area contributed by atoms with Crippen LogP contribution in [0.4, 0.5) is 0 Å². The van der Waals surface area contributed by atoms with E-state index < -0.39 is 0 Å². The van der Waals surface area contributed by atoms with Gasteiger partial charge in [0.15, 0.2) is 0 Å². The second kappa shape index (κ2) is 15.3. The van der Waals surface area contributed by atoms with Crippen LogP contribution in [-0.2, 0) is 0 Å². The molecule has 60 heavy (non-hydrogen) atoms. The van der Waals surface area contributed by atoms with Crippen LogP contribution in [0.3, 0.4) is 0 Å². The van der Waals surface area contributed by atoms with Crippen LogP contribution in [0.2, 0.25) is 0 Å². The average molecular weight is 740 g/mol. The molecule has 0 spiro atoms. The van der Waals surface area contributed by atoms with E-state index in [1.807, 2.05) is 0 Å². The highest BCUT2D eigenvalue weighted by atomic mass is 14.3. The van der Waals surface area contributed by atoms with Crippen LogP contribution >= 0.6 is 0 Å². The summed E-state index contributed by atoms with van der Waals surface area (Å²) in [5, 5.41) is 8.61. The first-order chi connectivity index (χ1) is 27.9. The second-order valence-electron chi connectivity index (χ2n) is 19.5. The largest absolute Gasteiger partial charge is 0.140 e. The zero-order valence-corrected chi connectivity index (χ0v) is 42.0. The van der Waals surface area contributed by atoms with E-state index in [0.717, 1.165) is 0 Å². The van der Waals surface area contributed by atoms with Gasteiger partial charge in [0.2, 0.25) is 0 Å². The Hall–Kier alpha value is -3.12. The highest BCUT2D eigenvalue weighted by Gasteiger charge is 2.30. The Morgan fingerprint density at radius 3 is 0.517 bits per heavy atom. The van der Waals surface area contributed by atoms with Crippen LogP contribution in [0.15, 0.2) is 0 Å². The standard InChI is InChI=1S/C36H48B24/c37-13-7(18(42)21(45)10-9(13)24(48)32(56)33(57)25(10)49)1-3-5(16(40)30(54)28(52)14(3)38)2(6-4(1)15(39)29(53)31(55)17(6)41)8-19(43)22(46)11(23(47)20(8)44)12-26(50)34(58)36(60)35(59)27(12)51/h37-60H2. The van der Waals surface area contributed by atoms with Gasteiger partial charge in [-0.2, -0.15) is 0 Å². The molecule has 0 fully saturated rings. The van der Waals surface area contributed by atoms with Crippen molar-refractivity contribution in [2.45, 2.75) is 0 Å². The molecule has 0 aliphatic heterocycles. The SMILES string of the molecule is Bc1c(B)c(B)c(-c2c(B)c(B)c(-c3c4c(B)c(B)c(B)c(B)c4c(-c4c(B)c(B)c5c(B)c(B)c(B)c(B)c5c4B)c4c(B)c(B)c(B)c(B)c34)c(B)c2B)c(B)c1B. The molecule has 7 rings (SSSR count). The van der Waals surface area contributed by atoms with Gasteiger partial charge in [-0.1, -0.05) is 81.9 Å². The highest BCUT2D eigenvalue weighted by molar-refractivity contribution is 6.77.